The van der Waals surface area contributed by atoms with Gasteiger partial charge in [0.15, 0.2) is 0 Å². The van der Waals surface area contributed by atoms with Crippen molar-refractivity contribution in [1.29, 1.82) is 0 Å². The topological polar surface area (TPSA) is 72.3 Å². The van der Waals surface area contributed by atoms with E-state index >= 15 is 0 Å². The highest BCUT2D eigenvalue weighted by Gasteiger charge is 2.11. The lowest BCUT2D eigenvalue weighted by Crippen LogP contribution is -2.06. The number of hydrogen-bond acceptors (Lipinski definition) is 4. The van der Waals surface area contributed by atoms with E-state index < -0.39 is 5.97 Å². The van der Waals surface area contributed by atoms with Gasteiger partial charge in [-0.25, -0.2) is 14.8 Å². The number of ether oxygens (including phenoxy) is 1. The number of benzene rings is 1. The summed E-state index contributed by atoms with van der Waals surface area (Å²) in [6.45, 7) is 3.67. The van der Waals surface area contributed by atoms with Crippen LogP contribution in [0.25, 0.3) is 11.3 Å². The van der Waals surface area contributed by atoms with Crippen molar-refractivity contribution < 1.29 is 14.6 Å². The summed E-state index contributed by atoms with van der Waals surface area (Å²) < 4.78 is 5.19. The molecule has 0 amide bonds. The zero-order chi connectivity index (χ0) is 14.0. The molecule has 2 aromatic rings. The normalized spacial score (nSPS) is 10.3. The van der Waals surface area contributed by atoms with E-state index in [1.807, 2.05) is 25.1 Å². The second kappa shape index (κ2) is 5.06. The van der Waals surface area contributed by atoms with Gasteiger partial charge < -0.3 is 9.84 Å². The van der Waals surface area contributed by atoms with Crippen LogP contribution < -0.4 is 4.74 Å². The molecular formula is C14H14N2O3. The number of methoxy groups -OCH3 is 1. The zero-order valence-corrected chi connectivity index (χ0v) is 11.0. The number of aryl methyl sites for hydroxylation is 2. The van der Waals surface area contributed by atoms with E-state index in [1.54, 1.807) is 20.1 Å². The van der Waals surface area contributed by atoms with E-state index in [0.717, 1.165) is 16.9 Å². The molecule has 1 aromatic carbocycles. The molecule has 0 aliphatic rings. The van der Waals surface area contributed by atoms with Gasteiger partial charge in [-0.15, -0.1) is 0 Å². The molecule has 0 bridgehead atoms. The van der Waals surface area contributed by atoms with Crippen LogP contribution in [-0.2, 0) is 0 Å². The molecule has 0 atom stereocenters. The molecule has 98 valence electrons. The number of carbonyl (C=O) groups is 1. The van der Waals surface area contributed by atoms with Gasteiger partial charge in [-0.2, -0.15) is 0 Å². The van der Waals surface area contributed by atoms with Gasteiger partial charge in [-0.05, 0) is 43.7 Å². The van der Waals surface area contributed by atoms with Crippen LogP contribution in [0.5, 0.6) is 5.75 Å². The van der Waals surface area contributed by atoms with Crippen molar-refractivity contribution in [3.63, 3.8) is 0 Å². The molecule has 0 aliphatic carbocycles. The molecule has 0 fully saturated rings. The number of aromatic nitrogens is 2. The second-order valence-corrected chi connectivity index (χ2v) is 4.21. The van der Waals surface area contributed by atoms with Gasteiger partial charge in [0.1, 0.15) is 5.75 Å². The standard InChI is InChI=1S/C14H14N2O3/c1-8-6-10(4-5-12(8)19-3)11-7-9(2)15-13(16-11)14(17)18/h4-7H,1-3H3,(H,17,18). The quantitative estimate of drug-likeness (QED) is 0.915. The van der Waals surface area contributed by atoms with E-state index in [2.05, 4.69) is 9.97 Å². The number of rotatable bonds is 3. The first kappa shape index (κ1) is 13.0. The van der Waals surface area contributed by atoms with Crippen LogP contribution in [0.1, 0.15) is 21.9 Å². The monoisotopic (exact) mass is 258 g/mol. The van der Waals surface area contributed by atoms with Gasteiger partial charge in [0.2, 0.25) is 5.82 Å². The Labute approximate surface area is 110 Å². The summed E-state index contributed by atoms with van der Waals surface area (Å²) in [6.07, 6.45) is 0. The summed E-state index contributed by atoms with van der Waals surface area (Å²) in [4.78, 5) is 18.9. The molecule has 0 spiro atoms. The maximum Gasteiger partial charge on any atom is 0.373 e. The van der Waals surface area contributed by atoms with E-state index in [4.69, 9.17) is 9.84 Å². The van der Waals surface area contributed by atoms with E-state index in [1.165, 1.54) is 0 Å². The van der Waals surface area contributed by atoms with Gasteiger partial charge in [0.25, 0.3) is 0 Å². The Hall–Kier alpha value is -2.43. The summed E-state index contributed by atoms with van der Waals surface area (Å²) in [7, 11) is 1.61. The maximum absolute atomic E-state index is 11.0. The predicted octanol–water partition coefficient (Wildman–Crippen LogP) is 2.47. The first-order valence-electron chi connectivity index (χ1n) is 5.75. The van der Waals surface area contributed by atoms with Crippen LogP contribution in [0.15, 0.2) is 24.3 Å². The van der Waals surface area contributed by atoms with Crippen LogP contribution in [0, 0.1) is 13.8 Å². The van der Waals surface area contributed by atoms with Gasteiger partial charge in [-0.3, -0.25) is 0 Å². The summed E-state index contributed by atoms with van der Waals surface area (Å²) >= 11 is 0. The predicted molar refractivity (Wildman–Crippen MR) is 70.5 cm³/mol. The number of hydrogen-bond donors (Lipinski definition) is 1. The van der Waals surface area contributed by atoms with Crippen LogP contribution in [0.3, 0.4) is 0 Å². The molecule has 0 unspecified atom stereocenters. The Balaban J connectivity index is 2.52. The smallest absolute Gasteiger partial charge is 0.373 e. The molecule has 0 saturated heterocycles. The van der Waals surface area contributed by atoms with Crippen LogP contribution in [-0.4, -0.2) is 28.2 Å². The van der Waals surface area contributed by atoms with Crippen LogP contribution in [0.2, 0.25) is 0 Å². The van der Waals surface area contributed by atoms with Gasteiger partial charge in [-0.1, -0.05) is 0 Å². The fraction of sp³-hybridized carbons (Fsp3) is 0.214. The summed E-state index contributed by atoms with van der Waals surface area (Å²) in [5.74, 6) is -0.536. The Morgan fingerprint density at radius 3 is 2.53 bits per heavy atom. The summed E-state index contributed by atoms with van der Waals surface area (Å²) in [5.41, 5.74) is 3.02. The van der Waals surface area contributed by atoms with Crippen molar-refractivity contribution in [3.8, 4) is 17.0 Å². The number of aromatic carboxylic acids is 1. The summed E-state index contributed by atoms with van der Waals surface area (Å²) in [5, 5.41) is 8.97. The number of nitrogens with zero attached hydrogens (tertiary/aromatic N) is 2. The minimum absolute atomic E-state index is 0.191. The molecule has 0 saturated carbocycles. The lowest BCUT2D eigenvalue weighted by molar-refractivity contribution is 0.0683. The molecule has 2 rings (SSSR count). The van der Waals surface area contributed by atoms with Crippen molar-refractivity contribution in [2.45, 2.75) is 13.8 Å². The largest absolute Gasteiger partial charge is 0.496 e. The third kappa shape index (κ3) is 2.70. The Bertz CT molecular complexity index is 639. The van der Waals surface area contributed by atoms with Crippen molar-refractivity contribution in [3.05, 3.63) is 41.3 Å². The van der Waals surface area contributed by atoms with E-state index in [9.17, 15) is 4.79 Å². The molecule has 1 N–H and O–H groups in total. The van der Waals surface area contributed by atoms with E-state index in [0.29, 0.717) is 11.4 Å². The van der Waals surface area contributed by atoms with Gasteiger partial charge in [0, 0.05) is 11.3 Å². The fourth-order valence-electron chi connectivity index (χ4n) is 1.85. The minimum atomic E-state index is -1.13. The van der Waals surface area contributed by atoms with Crippen molar-refractivity contribution in [2.75, 3.05) is 7.11 Å². The van der Waals surface area contributed by atoms with Crippen molar-refractivity contribution >= 4 is 5.97 Å². The average Bonchev–Trinajstić information content (AvgIpc) is 2.37. The molecule has 5 heteroatoms. The van der Waals surface area contributed by atoms with Crippen molar-refractivity contribution in [1.82, 2.24) is 9.97 Å². The molecule has 5 nitrogen and oxygen atoms in total. The van der Waals surface area contributed by atoms with Crippen LogP contribution >= 0.6 is 0 Å². The first-order valence-corrected chi connectivity index (χ1v) is 5.75. The van der Waals surface area contributed by atoms with Crippen molar-refractivity contribution in [2.24, 2.45) is 0 Å². The highest BCUT2D eigenvalue weighted by atomic mass is 16.5. The SMILES string of the molecule is COc1ccc(-c2cc(C)nc(C(=O)O)n2)cc1C. The molecule has 1 aromatic heterocycles. The lowest BCUT2D eigenvalue weighted by Gasteiger charge is -2.08. The maximum atomic E-state index is 11.0. The molecule has 0 aliphatic heterocycles. The lowest BCUT2D eigenvalue weighted by atomic mass is 10.1. The van der Waals surface area contributed by atoms with Gasteiger partial charge >= 0.3 is 5.97 Å². The zero-order valence-electron chi connectivity index (χ0n) is 11.0. The van der Waals surface area contributed by atoms with Crippen LogP contribution in [0.4, 0.5) is 0 Å². The highest BCUT2D eigenvalue weighted by molar-refractivity contribution is 5.84. The first-order chi connectivity index (χ1) is 9.01. The molecular weight excluding hydrogens is 244 g/mol. The Morgan fingerprint density at radius 1 is 1.21 bits per heavy atom. The number of carboxylic acid groups (broad SMARTS) is 1. The van der Waals surface area contributed by atoms with Gasteiger partial charge in [0.05, 0.1) is 12.8 Å². The second-order valence-electron chi connectivity index (χ2n) is 4.21. The minimum Gasteiger partial charge on any atom is -0.496 e. The van der Waals surface area contributed by atoms with E-state index in [-0.39, 0.29) is 5.82 Å². The average molecular weight is 258 g/mol. The highest BCUT2D eigenvalue weighted by Crippen LogP contribution is 2.25. The third-order valence-corrected chi connectivity index (χ3v) is 2.74. The summed E-state index contributed by atoms with van der Waals surface area (Å²) in [6, 6.07) is 7.35. The fourth-order valence-corrected chi connectivity index (χ4v) is 1.85. The Kier molecular flexibility index (Phi) is 3.46. The molecule has 0 radical (unpaired) electrons. The Morgan fingerprint density at radius 2 is 1.95 bits per heavy atom. The molecule has 19 heavy (non-hydrogen) atoms. The molecule has 1 heterocycles. The third-order valence-electron chi connectivity index (χ3n) is 2.74. The number of carboxylic acids is 1.